The Morgan fingerprint density at radius 2 is 1.31 bits per heavy atom. The summed E-state index contributed by atoms with van der Waals surface area (Å²) in [7, 11) is 0. The SMILES string of the molecule is C=C(c1ccccc1N)c1cc2c(-c3ccc(C(C)(C)C)s3)ccc(/C(N)=C/C=C/c3ccc4c(c3)C(CCCCCCCC)(CCCCCCCC)c3cc(C(C)(C)C)ccc3-4)c2nc1/C(C)=C1\C=CC=CC1=N. The normalized spacial score (nSPS) is 15.1. The van der Waals surface area contributed by atoms with Crippen molar-refractivity contribution >= 4 is 56.6 Å². The third kappa shape index (κ3) is 12.1. The first-order valence-electron chi connectivity index (χ1n) is 28.2. The first kappa shape index (κ1) is 54.9. The molecule has 8 rings (SSSR count). The Hall–Kier alpha value is -6.30. The standard InChI is InChI=1S/C70H84N4S/c1-11-13-15-17-19-25-42-70(43-26-20-18-16-14-12-2)59-44-49(34-36-53(59)54-37-35-50(45-60(54)70)68(5,6)7)28-27-33-63(73)56-39-38-55(64-40-41-65(75-64)69(8,9)10)58-46-57(47(3)51-29-21-23-31-61(51)71)66(74-67(56)58)48(4)52-30-22-24-32-62(52)72/h21-24,27-41,44-46,72H,3,11-20,25-26,42-43,71,73H2,1-2,4-10H3/b28-27+,52-48+,63-33-,72-62?. The van der Waals surface area contributed by atoms with Crippen LogP contribution in [0.2, 0.25) is 0 Å². The quantitative estimate of drug-likeness (QED) is 0.0381. The minimum Gasteiger partial charge on any atom is -0.398 e. The molecule has 0 saturated carbocycles. The molecule has 0 fully saturated rings. The number of nitrogen functional groups attached to an aromatic ring is 1. The fourth-order valence-corrected chi connectivity index (χ4v) is 12.6. The maximum absolute atomic E-state index is 8.96. The lowest BCUT2D eigenvalue weighted by molar-refractivity contribution is 0.397. The number of hydrogen-bond acceptors (Lipinski definition) is 5. The van der Waals surface area contributed by atoms with Crippen LogP contribution in [0.3, 0.4) is 0 Å². The zero-order valence-electron chi connectivity index (χ0n) is 46.8. The minimum atomic E-state index is -0.0214. The summed E-state index contributed by atoms with van der Waals surface area (Å²) in [5, 5.41) is 9.95. The van der Waals surface area contributed by atoms with Crippen LogP contribution in [-0.2, 0) is 16.2 Å². The molecule has 0 unspecified atom stereocenters. The summed E-state index contributed by atoms with van der Waals surface area (Å²) >= 11 is 1.82. The van der Waals surface area contributed by atoms with E-state index in [0.717, 1.165) is 55.6 Å². The molecule has 390 valence electrons. The highest BCUT2D eigenvalue weighted by atomic mass is 32.1. The van der Waals surface area contributed by atoms with Crippen LogP contribution >= 0.6 is 11.3 Å². The van der Waals surface area contributed by atoms with Crippen LogP contribution in [0, 0.1) is 5.41 Å². The van der Waals surface area contributed by atoms with Gasteiger partial charge in [0.15, 0.2) is 0 Å². The highest BCUT2D eigenvalue weighted by molar-refractivity contribution is 7.15. The largest absolute Gasteiger partial charge is 0.398 e. The van der Waals surface area contributed by atoms with Crippen molar-refractivity contribution in [2.75, 3.05) is 5.73 Å². The summed E-state index contributed by atoms with van der Waals surface area (Å²) in [6, 6.07) is 33.6. The number of nitrogens with one attached hydrogen (secondary N) is 1. The van der Waals surface area contributed by atoms with E-state index in [1.807, 2.05) is 66.0 Å². The molecule has 6 aromatic rings. The van der Waals surface area contributed by atoms with Gasteiger partial charge in [-0.05, 0) is 112 Å². The van der Waals surface area contributed by atoms with E-state index in [9.17, 15) is 0 Å². The summed E-state index contributed by atoms with van der Waals surface area (Å²) in [6.07, 6.45) is 32.0. The predicted octanol–water partition coefficient (Wildman–Crippen LogP) is 19.9. The zero-order chi connectivity index (χ0) is 53.5. The second kappa shape index (κ2) is 23.7. The molecule has 2 aromatic heterocycles. The molecule has 4 nitrogen and oxygen atoms in total. The monoisotopic (exact) mass is 1010 g/mol. The number of pyridine rings is 1. The molecule has 0 amide bonds. The van der Waals surface area contributed by atoms with Gasteiger partial charge < -0.3 is 16.9 Å². The molecule has 5 heteroatoms. The highest BCUT2D eigenvalue weighted by Crippen LogP contribution is 2.55. The Balaban J connectivity index is 1.24. The molecule has 0 bridgehead atoms. The van der Waals surface area contributed by atoms with Crippen molar-refractivity contribution in [3.63, 3.8) is 0 Å². The number of allylic oxidation sites excluding steroid dienone is 8. The van der Waals surface area contributed by atoms with E-state index in [1.54, 1.807) is 5.56 Å². The number of unbranched alkanes of at least 4 members (excludes halogenated alkanes) is 10. The molecule has 75 heavy (non-hydrogen) atoms. The fourth-order valence-electron chi connectivity index (χ4n) is 11.5. The van der Waals surface area contributed by atoms with Gasteiger partial charge in [-0.3, -0.25) is 0 Å². The zero-order valence-corrected chi connectivity index (χ0v) is 47.6. The van der Waals surface area contributed by atoms with Crippen molar-refractivity contribution in [1.82, 2.24) is 4.98 Å². The number of fused-ring (bicyclic) bond motifs is 4. The summed E-state index contributed by atoms with van der Waals surface area (Å²) in [5.41, 5.74) is 31.9. The van der Waals surface area contributed by atoms with Crippen molar-refractivity contribution in [3.8, 4) is 21.6 Å². The Morgan fingerprint density at radius 1 is 0.680 bits per heavy atom. The third-order valence-electron chi connectivity index (χ3n) is 15.9. The van der Waals surface area contributed by atoms with E-state index in [4.69, 9.17) is 21.9 Å². The van der Waals surface area contributed by atoms with Crippen LogP contribution in [0.1, 0.15) is 202 Å². The van der Waals surface area contributed by atoms with Gasteiger partial charge in [0.25, 0.3) is 0 Å². The van der Waals surface area contributed by atoms with Crippen LogP contribution in [0.4, 0.5) is 5.69 Å². The summed E-state index contributed by atoms with van der Waals surface area (Å²) in [4.78, 5) is 8.10. The van der Waals surface area contributed by atoms with Gasteiger partial charge in [0.1, 0.15) is 0 Å². The van der Waals surface area contributed by atoms with Crippen LogP contribution < -0.4 is 11.5 Å². The summed E-state index contributed by atoms with van der Waals surface area (Å²) in [6.45, 7) is 25.2. The number of thiophene rings is 1. The number of anilines is 1. The van der Waals surface area contributed by atoms with Crippen molar-refractivity contribution in [3.05, 3.63) is 189 Å². The third-order valence-corrected chi connectivity index (χ3v) is 17.5. The summed E-state index contributed by atoms with van der Waals surface area (Å²) in [5.74, 6) is 0. The van der Waals surface area contributed by atoms with Crippen LogP contribution in [-0.4, -0.2) is 10.7 Å². The average Bonchev–Trinajstić information content (AvgIpc) is 4.03. The van der Waals surface area contributed by atoms with Crippen molar-refractivity contribution in [2.45, 2.75) is 168 Å². The van der Waals surface area contributed by atoms with Gasteiger partial charge in [0, 0.05) is 59.8 Å². The van der Waals surface area contributed by atoms with E-state index in [2.05, 4.69) is 148 Å². The molecule has 0 radical (unpaired) electrons. The molecule has 0 spiro atoms. The number of nitrogens with zero attached hydrogens (tertiary/aromatic N) is 1. The van der Waals surface area contributed by atoms with Crippen LogP contribution in [0.15, 0.2) is 140 Å². The molecule has 0 saturated heterocycles. The molecule has 2 heterocycles. The number of hydrogen-bond donors (Lipinski definition) is 3. The number of benzene rings is 4. The number of rotatable bonds is 21. The first-order chi connectivity index (χ1) is 36.0. The van der Waals surface area contributed by atoms with Crippen molar-refractivity contribution in [2.24, 2.45) is 5.73 Å². The van der Waals surface area contributed by atoms with E-state index in [-0.39, 0.29) is 16.2 Å². The average molecular weight is 1010 g/mol. The number of nitrogens with two attached hydrogens (primary N) is 2. The first-order valence-corrected chi connectivity index (χ1v) is 29.0. The predicted molar refractivity (Wildman–Crippen MR) is 330 cm³/mol. The van der Waals surface area contributed by atoms with Gasteiger partial charge in [0.05, 0.1) is 16.9 Å². The Bertz CT molecular complexity index is 3210. The van der Waals surface area contributed by atoms with E-state index in [0.29, 0.717) is 17.1 Å². The van der Waals surface area contributed by atoms with E-state index in [1.165, 1.54) is 127 Å². The van der Waals surface area contributed by atoms with Gasteiger partial charge in [-0.25, -0.2) is 4.98 Å². The van der Waals surface area contributed by atoms with Crippen LogP contribution in [0.25, 0.3) is 55.4 Å². The van der Waals surface area contributed by atoms with Crippen molar-refractivity contribution in [1.29, 1.82) is 5.41 Å². The molecule has 2 aliphatic rings. The van der Waals surface area contributed by atoms with E-state index >= 15 is 0 Å². The van der Waals surface area contributed by atoms with Gasteiger partial charge in [-0.2, -0.15) is 0 Å². The van der Waals surface area contributed by atoms with Gasteiger partial charge >= 0.3 is 0 Å². The minimum absolute atomic E-state index is 0.00541. The van der Waals surface area contributed by atoms with Crippen molar-refractivity contribution < 1.29 is 0 Å². The van der Waals surface area contributed by atoms with Gasteiger partial charge in [-0.1, -0.05) is 236 Å². The van der Waals surface area contributed by atoms with E-state index < -0.39 is 0 Å². The molecule has 0 atom stereocenters. The van der Waals surface area contributed by atoms with Gasteiger partial charge in [0.2, 0.25) is 0 Å². The Kier molecular flexibility index (Phi) is 17.4. The molecule has 0 aliphatic heterocycles. The number of aromatic nitrogens is 1. The Labute approximate surface area is 455 Å². The second-order valence-corrected chi connectivity index (χ2v) is 24.6. The van der Waals surface area contributed by atoms with Crippen LogP contribution in [0.5, 0.6) is 0 Å². The lowest BCUT2D eigenvalue weighted by Gasteiger charge is -2.34. The maximum atomic E-state index is 8.96. The molecular formula is C70H84N4S. The highest BCUT2D eigenvalue weighted by Gasteiger charge is 2.43. The van der Waals surface area contributed by atoms with Gasteiger partial charge in [-0.15, -0.1) is 11.3 Å². The maximum Gasteiger partial charge on any atom is 0.0809 e. The fraction of sp³-hybridized carbons (Fsp3) is 0.371. The molecular weight excluding hydrogens is 929 g/mol. The number of para-hydroxylation sites is 1. The molecule has 5 N–H and O–H groups in total. The smallest absolute Gasteiger partial charge is 0.0809 e. The molecule has 2 aliphatic carbocycles. The summed E-state index contributed by atoms with van der Waals surface area (Å²) < 4.78 is 0. The Morgan fingerprint density at radius 3 is 1.95 bits per heavy atom. The topological polar surface area (TPSA) is 88.8 Å². The lowest BCUT2D eigenvalue weighted by Crippen LogP contribution is -2.26. The second-order valence-electron chi connectivity index (χ2n) is 23.5. The lowest BCUT2D eigenvalue weighted by atomic mass is 9.69. The molecule has 4 aromatic carbocycles.